The third kappa shape index (κ3) is 9.75. The van der Waals surface area contributed by atoms with Crippen LogP contribution in [0.25, 0.3) is 0 Å². The van der Waals surface area contributed by atoms with Crippen LogP contribution in [0.1, 0.15) is 52.5 Å². The lowest BCUT2D eigenvalue weighted by Crippen LogP contribution is -2.57. The highest BCUT2D eigenvalue weighted by atomic mass is 32.2. The number of aliphatic hydroxyl groups excluding tert-OH is 1. The van der Waals surface area contributed by atoms with Gasteiger partial charge >= 0.3 is 0 Å². The number of aryl methyl sites for hydroxylation is 1. The molecule has 36 heavy (non-hydrogen) atoms. The molecule has 11 nitrogen and oxygen atoms in total. The van der Waals surface area contributed by atoms with Gasteiger partial charge < -0.3 is 32.9 Å². The Morgan fingerprint density at radius 3 is 2.11 bits per heavy atom. The first-order chi connectivity index (χ1) is 16.7. The number of carbonyl (C=O) groups excluding carboxylic acids is 2. The van der Waals surface area contributed by atoms with Gasteiger partial charge in [-0.15, -0.1) is 0 Å². The Morgan fingerprint density at radius 2 is 1.61 bits per heavy atom. The zero-order valence-corrected chi connectivity index (χ0v) is 22.6. The van der Waals surface area contributed by atoms with E-state index in [0.29, 0.717) is 19.4 Å². The zero-order chi connectivity index (χ0) is 27.6. The predicted octanol–water partition coefficient (Wildman–Crippen LogP) is 0.140. The van der Waals surface area contributed by atoms with E-state index in [1.807, 2.05) is 20.8 Å². The lowest BCUT2D eigenvalue weighted by Gasteiger charge is -2.29. The summed E-state index contributed by atoms with van der Waals surface area (Å²) in [6.07, 6.45) is 0.990. The van der Waals surface area contributed by atoms with E-state index in [9.17, 15) is 23.1 Å². The number of hydrogen-bond acceptors (Lipinski definition) is 7. The van der Waals surface area contributed by atoms with Crippen LogP contribution in [0.3, 0.4) is 0 Å². The normalized spacial score (nSPS) is 15.1. The number of benzene rings is 1. The minimum Gasteiger partial charge on any atom is -0.375 e. The van der Waals surface area contributed by atoms with Crippen molar-refractivity contribution in [3.8, 4) is 0 Å². The standard InChI is InChI=1S/C24H42N6O5S/c1-14(2)13-19(23(33)36(34,35)17-10-8-16(5)9-11-17)29-22(32)20(15(3)4)30-21(31)18(25)7-6-12-28-24(26)27/h8-11,14-15,18-20,23,33H,6-7,12-13,25H2,1-5H3,(H,29,32)(H,30,31)(H4,26,27,28)/t18?,19-,20-,23-/m0/s1. The maximum Gasteiger partial charge on any atom is 0.243 e. The van der Waals surface area contributed by atoms with Crippen molar-refractivity contribution in [1.29, 1.82) is 0 Å². The smallest absolute Gasteiger partial charge is 0.243 e. The number of nitrogens with zero attached hydrogens (tertiary/aromatic N) is 1. The Bertz CT molecular complexity index is 991. The molecular weight excluding hydrogens is 484 g/mol. The van der Waals surface area contributed by atoms with Gasteiger partial charge in [0.2, 0.25) is 21.7 Å². The molecule has 0 aliphatic carbocycles. The molecule has 0 spiro atoms. The monoisotopic (exact) mass is 526 g/mol. The van der Waals surface area contributed by atoms with E-state index in [4.69, 9.17) is 17.2 Å². The number of sulfone groups is 1. The van der Waals surface area contributed by atoms with Crippen LogP contribution in [0.4, 0.5) is 0 Å². The van der Waals surface area contributed by atoms with E-state index < -0.39 is 45.2 Å². The van der Waals surface area contributed by atoms with Crippen molar-refractivity contribution in [2.75, 3.05) is 6.54 Å². The van der Waals surface area contributed by atoms with Gasteiger partial charge in [0.05, 0.1) is 17.0 Å². The second kappa shape index (κ2) is 14.1. The fourth-order valence-electron chi connectivity index (χ4n) is 3.56. The molecule has 9 N–H and O–H groups in total. The van der Waals surface area contributed by atoms with Crippen LogP contribution in [-0.4, -0.2) is 61.4 Å². The van der Waals surface area contributed by atoms with Gasteiger partial charge in [0.25, 0.3) is 0 Å². The molecular formula is C24H42N6O5S. The quantitative estimate of drug-likeness (QED) is 0.111. The van der Waals surface area contributed by atoms with Crippen molar-refractivity contribution in [2.24, 2.45) is 34.0 Å². The number of amides is 2. The molecule has 0 aromatic heterocycles. The lowest BCUT2D eigenvalue weighted by atomic mass is 10.00. The number of nitrogens with two attached hydrogens (primary N) is 3. The Hall–Kier alpha value is -2.70. The third-order valence-electron chi connectivity index (χ3n) is 5.62. The van der Waals surface area contributed by atoms with E-state index in [0.717, 1.165) is 5.56 Å². The number of rotatable bonds is 14. The number of guanidine groups is 1. The molecule has 0 aliphatic heterocycles. The van der Waals surface area contributed by atoms with Gasteiger partial charge in [0.15, 0.2) is 11.4 Å². The van der Waals surface area contributed by atoms with Crippen LogP contribution in [0.5, 0.6) is 0 Å². The zero-order valence-electron chi connectivity index (χ0n) is 21.8. The van der Waals surface area contributed by atoms with E-state index >= 15 is 0 Å². The molecule has 0 fully saturated rings. The SMILES string of the molecule is Cc1ccc(S(=O)(=O)[C@H](O)[C@H](CC(C)C)NC(=O)[C@@H](NC(=O)C(N)CCCN=C(N)N)C(C)C)cc1. The van der Waals surface area contributed by atoms with Crippen LogP contribution in [0.15, 0.2) is 34.2 Å². The summed E-state index contributed by atoms with van der Waals surface area (Å²) < 4.78 is 26.1. The number of aliphatic imine (C=N–C) groups is 1. The maximum atomic E-state index is 13.2. The summed E-state index contributed by atoms with van der Waals surface area (Å²) in [5.41, 5.74) is 15.5. The van der Waals surface area contributed by atoms with Gasteiger partial charge in [0, 0.05) is 6.54 Å². The van der Waals surface area contributed by atoms with Crippen LogP contribution < -0.4 is 27.8 Å². The average molecular weight is 527 g/mol. The predicted molar refractivity (Wildman–Crippen MR) is 140 cm³/mol. The number of hydrogen-bond donors (Lipinski definition) is 6. The van der Waals surface area contributed by atoms with Gasteiger partial charge in [-0.25, -0.2) is 8.42 Å². The summed E-state index contributed by atoms with van der Waals surface area (Å²) in [5.74, 6) is -1.53. The molecule has 1 aromatic carbocycles. The third-order valence-corrected chi connectivity index (χ3v) is 7.51. The molecule has 12 heteroatoms. The van der Waals surface area contributed by atoms with Gasteiger partial charge in [-0.2, -0.15) is 0 Å². The molecule has 2 amide bonds. The minimum atomic E-state index is -4.14. The van der Waals surface area contributed by atoms with Gasteiger partial charge in [-0.3, -0.25) is 14.6 Å². The number of nitrogens with one attached hydrogen (secondary N) is 2. The number of carbonyl (C=O) groups is 2. The highest BCUT2D eigenvalue weighted by Crippen LogP contribution is 2.21. The van der Waals surface area contributed by atoms with E-state index in [1.54, 1.807) is 26.0 Å². The maximum absolute atomic E-state index is 13.2. The molecule has 0 radical (unpaired) electrons. The average Bonchev–Trinajstić information content (AvgIpc) is 2.78. The Balaban J connectivity index is 2.99. The molecule has 1 unspecified atom stereocenters. The Morgan fingerprint density at radius 1 is 1.03 bits per heavy atom. The first-order valence-corrected chi connectivity index (χ1v) is 13.6. The van der Waals surface area contributed by atoms with Crippen LogP contribution in [0, 0.1) is 18.8 Å². The summed E-state index contributed by atoms with van der Waals surface area (Å²) >= 11 is 0. The van der Waals surface area contributed by atoms with E-state index in [-0.39, 0.29) is 29.1 Å². The summed E-state index contributed by atoms with van der Waals surface area (Å²) in [5, 5.41) is 16.2. The summed E-state index contributed by atoms with van der Waals surface area (Å²) in [6, 6.07) is 3.18. The summed E-state index contributed by atoms with van der Waals surface area (Å²) in [7, 11) is -4.14. The molecule has 204 valence electrons. The lowest BCUT2D eigenvalue weighted by molar-refractivity contribution is -0.131. The van der Waals surface area contributed by atoms with E-state index in [2.05, 4.69) is 15.6 Å². The second-order valence-corrected chi connectivity index (χ2v) is 11.8. The molecule has 1 aromatic rings. The molecule has 0 heterocycles. The highest BCUT2D eigenvalue weighted by Gasteiger charge is 2.36. The number of aliphatic hydroxyl groups is 1. The molecule has 1 rings (SSSR count). The van der Waals surface area contributed by atoms with Gasteiger partial charge in [-0.05, 0) is 50.2 Å². The van der Waals surface area contributed by atoms with Crippen LogP contribution >= 0.6 is 0 Å². The molecule has 0 saturated carbocycles. The van der Waals surface area contributed by atoms with Crippen molar-refractivity contribution in [3.05, 3.63) is 29.8 Å². The van der Waals surface area contributed by atoms with E-state index in [1.165, 1.54) is 12.1 Å². The van der Waals surface area contributed by atoms with Gasteiger partial charge in [0.1, 0.15) is 6.04 Å². The fraction of sp³-hybridized carbons (Fsp3) is 0.625. The van der Waals surface area contributed by atoms with Crippen LogP contribution in [-0.2, 0) is 19.4 Å². The topological polar surface area (TPSA) is 203 Å². The fourth-order valence-corrected chi connectivity index (χ4v) is 4.96. The van der Waals surface area contributed by atoms with Crippen molar-refractivity contribution in [1.82, 2.24) is 10.6 Å². The van der Waals surface area contributed by atoms with Gasteiger partial charge in [-0.1, -0.05) is 45.4 Å². The molecule has 0 aliphatic rings. The largest absolute Gasteiger partial charge is 0.375 e. The minimum absolute atomic E-state index is 0.0242. The Kier molecular flexibility index (Phi) is 12.3. The van der Waals surface area contributed by atoms with Crippen LogP contribution in [0.2, 0.25) is 0 Å². The van der Waals surface area contributed by atoms with Crippen molar-refractivity contribution in [2.45, 2.75) is 82.3 Å². The van der Waals surface area contributed by atoms with Crippen molar-refractivity contribution in [3.63, 3.8) is 0 Å². The second-order valence-electron chi connectivity index (χ2n) is 9.78. The van der Waals surface area contributed by atoms with Crippen molar-refractivity contribution >= 4 is 27.6 Å². The molecule has 0 bridgehead atoms. The first kappa shape index (κ1) is 31.3. The Labute approximate surface area is 214 Å². The summed E-state index contributed by atoms with van der Waals surface area (Å²) in [6.45, 7) is 9.34. The van der Waals surface area contributed by atoms with Crippen molar-refractivity contribution < 1.29 is 23.1 Å². The summed E-state index contributed by atoms with van der Waals surface area (Å²) in [4.78, 5) is 29.6. The molecule has 0 saturated heterocycles. The molecule has 4 atom stereocenters. The highest BCUT2D eigenvalue weighted by molar-refractivity contribution is 7.92. The first-order valence-electron chi connectivity index (χ1n) is 12.1.